The number of aryl methyl sites for hydroxylation is 1. The zero-order valence-electron chi connectivity index (χ0n) is 12.6. The molecule has 0 bridgehead atoms. The largest absolute Gasteiger partial charge is 0.345 e. The molecule has 0 spiro atoms. The Morgan fingerprint density at radius 1 is 1.26 bits per heavy atom. The molecule has 1 saturated heterocycles. The van der Waals surface area contributed by atoms with Crippen LogP contribution in [0.4, 0.5) is 5.13 Å². The number of anilines is 1. The Labute approximate surface area is 152 Å². The minimum Gasteiger partial charge on any atom is -0.345 e. The van der Waals surface area contributed by atoms with Crippen LogP contribution in [-0.4, -0.2) is 48.3 Å². The Kier molecular flexibility index (Phi) is 5.36. The third-order valence-corrected chi connectivity index (χ3v) is 8.45. The Hall–Kier alpha value is -0.550. The van der Waals surface area contributed by atoms with Crippen molar-refractivity contribution < 1.29 is 8.42 Å². The summed E-state index contributed by atoms with van der Waals surface area (Å²) in [7, 11) is -3.41. The number of aromatic nitrogens is 2. The Morgan fingerprint density at radius 2 is 2.09 bits per heavy atom. The lowest BCUT2D eigenvalue weighted by atomic mass is 10.4. The first kappa shape index (κ1) is 17.3. The average molecular weight is 437 g/mol. The van der Waals surface area contributed by atoms with Gasteiger partial charge >= 0.3 is 0 Å². The van der Waals surface area contributed by atoms with Crippen LogP contribution in [0.3, 0.4) is 0 Å². The molecule has 0 radical (unpaired) electrons. The first-order valence-electron chi connectivity index (χ1n) is 7.33. The summed E-state index contributed by atoms with van der Waals surface area (Å²) in [6.07, 6.45) is 1.60. The van der Waals surface area contributed by atoms with Crippen LogP contribution in [0, 0.1) is 0 Å². The molecule has 2 aromatic rings. The van der Waals surface area contributed by atoms with Crippen molar-refractivity contribution in [2.24, 2.45) is 0 Å². The molecule has 0 aromatic carbocycles. The lowest BCUT2D eigenvalue weighted by Gasteiger charge is -2.20. The van der Waals surface area contributed by atoms with E-state index in [4.69, 9.17) is 0 Å². The van der Waals surface area contributed by atoms with Crippen LogP contribution >= 0.6 is 38.8 Å². The van der Waals surface area contributed by atoms with E-state index < -0.39 is 10.0 Å². The fourth-order valence-corrected chi connectivity index (χ4v) is 6.84. The lowest BCUT2D eigenvalue weighted by molar-refractivity contribution is 0.434. The molecule has 0 aliphatic carbocycles. The van der Waals surface area contributed by atoms with Gasteiger partial charge in [0.1, 0.15) is 10.0 Å². The molecular formula is C13H17BrN4O2S3. The van der Waals surface area contributed by atoms with E-state index in [-0.39, 0.29) is 0 Å². The highest BCUT2D eigenvalue weighted by atomic mass is 79.9. The van der Waals surface area contributed by atoms with E-state index in [2.05, 4.69) is 30.2 Å². The fourth-order valence-electron chi connectivity index (χ4n) is 2.41. The summed E-state index contributed by atoms with van der Waals surface area (Å²) < 4.78 is 32.5. The zero-order chi connectivity index (χ0) is 16.4. The van der Waals surface area contributed by atoms with Crippen molar-refractivity contribution in [3.8, 4) is 0 Å². The highest BCUT2D eigenvalue weighted by Gasteiger charge is 2.28. The highest BCUT2D eigenvalue weighted by Crippen LogP contribution is 2.29. The maximum Gasteiger partial charge on any atom is 0.252 e. The minimum atomic E-state index is -3.41. The van der Waals surface area contributed by atoms with Gasteiger partial charge < -0.3 is 4.90 Å². The summed E-state index contributed by atoms with van der Waals surface area (Å²) in [6, 6.07) is 3.43. The molecule has 1 aliphatic rings. The number of hydrogen-bond acceptors (Lipinski definition) is 7. The second kappa shape index (κ2) is 7.14. The van der Waals surface area contributed by atoms with Crippen molar-refractivity contribution in [2.75, 3.05) is 31.1 Å². The van der Waals surface area contributed by atoms with Crippen LogP contribution in [0.2, 0.25) is 0 Å². The third kappa shape index (κ3) is 3.76. The van der Waals surface area contributed by atoms with Crippen LogP contribution in [0.1, 0.15) is 19.2 Å². The summed E-state index contributed by atoms with van der Waals surface area (Å²) in [5, 5.41) is 0.889. The number of thiophene rings is 1. The molecule has 1 aliphatic heterocycles. The number of rotatable bonds is 4. The molecule has 126 valence electrons. The van der Waals surface area contributed by atoms with E-state index in [1.165, 1.54) is 22.9 Å². The van der Waals surface area contributed by atoms with Gasteiger partial charge in [0, 0.05) is 44.1 Å². The predicted octanol–water partition coefficient (Wildman–Crippen LogP) is 2.83. The van der Waals surface area contributed by atoms with Crippen molar-refractivity contribution in [2.45, 2.75) is 24.0 Å². The Morgan fingerprint density at radius 3 is 2.74 bits per heavy atom. The summed E-state index contributed by atoms with van der Waals surface area (Å²) in [5.41, 5.74) is 0. The summed E-state index contributed by atoms with van der Waals surface area (Å²) in [5.74, 6) is 0.849. The van der Waals surface area contributed by atoms with E-state index in [1.807, 2.05) is 6.92 Å². The van der Waals surface area contributed by atoms with Crippen molar-refractivity contribution in [3.63, 3.8) is 0 Å². The first-order chi connectivity index (χ1) is 11.0. The van der Waals surface area contributed by atoms with Crippen LogP contribution in [-0.2, 0) is 16.4 Å². The first-order valence-corrected chi connectivity index (χ1v) is 11.2. The summed E-state index contributed by atoms with van der Waals surface area (Å²) in [4.78, 5) is 6.64. The highest BCUT2D eigenvalue weighted by molar-refractivity contribution is 9.11. The maximum atomic E-state index is 12.7. The van der Waals surface area contributed by atoms with Crippen molar-refractivity contribution in [3.05, 3.63) is 21.7 Å². The standard InChI is InChI=1S/C13H17BrN4O2S3/c1-2-11-15-13(22-16-11)17-6-3-7-18(9-8-17)23(19,20)12-5-4-10(14)21-12/h4-5H,2-3,6-9H2,1H3. The smallest absolute Gasteiger partial charge is 0.252 e. The Bertz CT molecular complexity index is 774. The van der Waals surface area contributed by atoms with Gasteiger partial charge in [0.2, 0.25) is 5.13 Å². The van der Waals surface area contributed by atoms with Gasteiger partial charge in [-0.3, -0.25) is 0 Å². The predicted molar refractivity (Wildman–Crippen MR) is 96.9 cm³/mol. The molecule has 3 rings (SSSR count). The molecular weight excluding hydrogens is 420 g/mol. The monoisotopic (exact) mass is 436 g/mol. The molecule has 3 heterocycles. The third-order valence-electron chi connectivity index (χ3n) is 3.64. The van der Waals surface area contributed by atoms with E-state index in [0.29, 0.717) is 23.8 Å². The molecule has 2 aromatic heterocycles. The molecule has 1 fully saturated rings. The SMILES string of the molecule is CCc1nsc(N2CCCN(S(=O)(=O)c3ccc(Br)s3)CC2)n1. The number of nitrogens with zero attached hydrogens (tertiary/aromatic N) is 4. The number of sulfonamides is 1. The van der Waals surface area contributed by atoms with Gasteiger partial charge in [-0.2, -0.15) is 8.68 Å². The van der Waals surface area contributed by atoms with Gasteiger partial charge in [-0.15, -0.1) is 11.3 Å². The molecule has 0 amide bonds. The van der Waals surface area contributed by atoms with Crippen LogP contribution in [0.5, 0.6) is 0 Å². The fraction of sp³-hybridized carbons (Fsp3) is 0.538. The van der Waals surface area contributed by atoms with Gasteiger partial charge in [0.15, 0.2) is 0 Å². The normalized spacial score (nSPS) is 17.4. The van der Waals surface area contributed by atoms with Crippen molar-refractivity contribution in [1.82, 2.24) is 13.7 Å². The Balaban J connectivity index is 1.73. The second-order valence-electron chi connectivity index (χ2n) is 5.15. The average Bonchev–Trinajstić information content (AvgIpc) is 3.10. The van der Waals surface area contributed by atoms with E-state index in [0.717, 1.165) is 34.1 Å². The number of hydrogen-bond donors (Lipinski definition) is 0. The van der Waals surface area contributed by atoms with E-state index in [1.54, 1.807) is 16.4 Å². The summed E-state index contributed by atoms with van der Waals surface area (Å²) in [6.45, 7) is 4.48. The van der Waals surface area contributed by atoms with Crippen molar-refractivity contribution in [1.29, 1.82) is 0 Å². The van der Waals surface area contributed by atoms with Gasteiger partial charge in [-0.1, -0.05) is 6.92 Å². The maximum absolute atomic E-state index is 12.7. The molecule has 0 N–H and O–H groups in total. The molecule has 0 atom stereocenters. The quantitative estimate of drug-likeness (QED) is 0.736. The van der Waals surface area contributed by atoms with Crippen LogP contribution < -0.4 is 4.90 Å². The van der Waals surface area contributed by atoms with Crippen molar-refractivity contribution >= 4 is 54.0 Å². The van der Waals surface area contributed by atoms with Crippen LogP contribution in [0.15, 0.2) is 20.1 Å². The van der Waals surface area contributed by atoms with Gasteiger partial charge in [-0.25, -0.2) is 13.4 Å². The zero-order valence-corrected chi connectivity index (χ0v) is 16.6. The minimum absolute atomic E-state index is 0.391. The van der Waals surface area contributed by atoms with Crippen LogP contribution in [0.25, 0.3) is 0 Å². The van der Waals surface area contributed by atoms with Gasteiger partial charge in [0.25, 0.3) is 10.0 Å². The van der Waals surface area contributed by atoms with Gasteiger partial charge in [-0.05, 0) is 34.5 Å². The molecule has 0 unspecified atom stereocenters. The molecule has 10 heteroatoms. The van der Waals surface area contributed by atoms with Gasteiger partial charge in [0.05, 0.1) is 3.79 Å². The second-order valence-corrected chi connectivity index (χ2v) is 10.5. The molecule has 0 saturated carbocycles. The molecule has 6 nitrogen and oxygen atoms in total. The van der Waals surface area contributed by atoms with E-state index in [9.17, 15) is 8.42 Å². The van der Waals surface area contributed by atoms with E-state index >= 15 is 0 Å². The topological polar surface area (TPSA) is 66.4 Å². The summed E-state index contributed by atoms with van der Waals surface area (Å²) >= 11 is 5.97. The molecule has 23 heavy (non-hydrogen) atoms. The lowest BCUT2D eigenvalue weighted by Crippen LogP contribution is -2.34. The number of halogens is 1.